The standard InChI is InChI=1S/C16H18N2O4/c1-2-3-9-12(16(20)21)17-15(19)14-10-13(18-22-14)11-7-5-4-6-8-11/h4-8,10,12H,2-3,9H2,1H3,(H,17,19)(H,20,21)/t12-/m0/s1. The fourth-order valence-corrected chi connectivity index (χ4v) is 2.02. The molecule has 22 heavy (non-hydrogen) atoms. The van der Waals surface area contributed by atoms with Crippen molar-refractivity contribution in [3.05, 3.63) is 42.2 Å². The second kappa shape index (κ2) is 7.40. The van der Waals surface area contributed by atoms with Crippen LogP contribution in [0.5, 0.6) is 0 Å². The smallest absolute Gasteiger partial charge is 0.326 e. The Labute approximate surface area is 128 Å². The summed E-state index contributed by atoms with van der Waals surface area (Å²) in [6.45, 7) is 1.96. The van der Waals surface area contributed by atoms with Gasteiger partial charge in [0.05, 0.1) is 0 Å². The zero-order chi connectivity index (χ0) is 15.9. The minimum Gasteiger partial charge on any atom is -0.480 e. The van der Waals surface area contributed by atoms with Gasteiger partial charge in [0.2, 0.25) is 5.76 Å². The number of hydrogen-bond acceptors (Lipinski definition) is 4. The molecule has 1 aromatic carbocycles. The van der Waals surface area contributed by atoms with Gasteiger partial charge in [-0.05, 0) is 6.42 Å². The summed E-state index contributed by atoms with van der Waals surface area (Å²) in [5.41, 5.74) is 1.36. The first-order chi connectivity index (χ1) is 10.6. The van der Waals surface area contributed by atoms with Crippen molar-refractivity contribution in [2.24, 2.45) is 0 Å². The van der Waals surface area contributed by atoms with Crippen LogP contribution in [0.25, 0.3) is 11.3 Å². The number of carbonyl (C=O) groups excluding carboxylic acids is 1. The number of unbranched alkanes of at least 4 members (excludes halogenated alkanes) is 1. The third kappa shape index (κ3) is 3.94. The molecule has 0 bridgehead atoms. The first-order valence-electron chi connectivity index (χ1n) is 7.17. The van der Waals surface area contributed by atoms with E-state index in [1.54, 1.807) is 0 Å². The molecule has 0 saturated heterocycles. The summed E-state index contributed by atoms with van der Waals surface area (Å²) in [6.07, 6.45) is 1.97. The van der Waals surface area contributed by atoms with E-state index in [-0.39, 0.29) is 5.76 Å². The number of nitrogens with one attached hydrogen (secondary N) is 1. The Bertz CT molecular complexity index is 637. The predicted octanol–water partition coefficient (Wildman–Crippen LogP) is 2.71. The lowest BCUT2D eigenvalue weighted by Crippen LogP contribution is -2.40. The maximum Gasteiger partial charge on any atom is 0.326 e. The van der Waals surface area contributed by atoms with Crippen molar-refractivity contribution in [3.8, 4) is 11.3 Å². The van der Waals surface area contributed by atoms with Gasteiger partial charge in [0.25, 0.3) is 5.91 Å². The number of carboxylic acids is 1. The van der Waals surface area contributed by atoms with Crippen LogP contribution >= 0.6 is 0 Å². The second-order valence-corrected chi connectivity index (χ2v) is 4.95. The molecule has 0 radical (unpaired) electrons. The molecule has 0 aliphatic rings. The maximum atomic E-state index is 12.1. The number of benzene rings is 1. The van der Waals surface area contributed by atoms with Gasteiger partial charge in [0.1, 0.15) is 11.7 Å². The Morgan fingerprint density at radius 3 is 2.68 bits per heavy atom. The monoisotopic (exact) mass is 302 g/mol. The molecule has 6 nitrogen and oxygen atoms in total. The molecule has 1 heterocycles. The summed E-state index contributed by atoms with van der Waals surface area (Å²) < 4.78 is 5.01. The summed E-state index contributed by atoms with van der Waals surface area (Å²) >= 11 is 0. The van der Waals surface area contributed by atoms with Crippen molar-refractivity contribution in [1.29, 1.82) is 0 Å². The van der Waals surface area contributed by atoms with Crippen LogP contribution in [0, 0.1) is 0 Å². The number of carbonyl (C=O) groups is 2. The van der Waals surface area contributed by atoms with Crippen molar-refractivity contribution >= 4 is 11.9 Å². The molecule has 2 aromatic rings. The van der Waals surface area contributed by atoms with Gasteiger partial charge >= 0.3 is 5.97 Å². The molecule has 1 atom stereocenters. The van der Waals surface area contributed by atoms with Crippen LogP contribution in [0.15, 0.2) is 40.9 Å². The van der Waals surface area contributed by atoms with Gasteiger partial charge in [-0.2, -0.15) is 0 Å². The molecule has 116 valence electrons. The quantitative estimate of drug-likeness (QED) is 0.820. The SMILES string of the molecule is CCCC[C@H](NC(=O)c1cc(-c2ccccc2)no1)C(=O)O. The number of rotatable bonds is 7. The number of aliphatic carboxylic acids is 1. The van der Waals surface area contributed by atoms with Gasteiger partial charge in [0.15, 0.2) is 0 Å². The molecule has 0 fully saturated rings. The third-order valence-corrected chi connectivity index (χ3v) is 3.25. The van der Waals surface area contributed by atoms with Gasteiger partial charge in [-0.3, -0.25) is 4.79 Å². The van der Waals surface area contributed by atoms with Crippen molar-refractivity contribution in [2.75, 3.05) is 0 Å². The number of hydrogen-bond donors (Lipinski definition) is 2. The van der Waals surface area contributed by atoms with E-state index >= 15 is 0 Å². The highest BCUT2D eigenvalue weighted by molar-refractivity contribution is 5.95. The van der Waals surface area contributed by atoms with Crippen LogP contribution in [-0.2, 0) is 4.79 Å². The number of aromatic nitrogens is 1. The maximum absolute atomic E-state index is 12.1. The van der Waals surface area contributed by atoms with Gasteiger partial charge in [0, 0.05) is 11.6 Å². The molecule has 0 spiro atoms. The Morgan fingerprint density at radius 2 is 2.05 bits per heavy atom. The van der Waals surface area contributed by atoms with E-state index in [0.717, 1.165) is 18.4 Å². The first-order valence-corrected chi connectivity index (χ1v) is 7.17. The van der Waals surface area contributed by atoms with Crippen molar-refractivity contribution < 1.29 is 19.2 Å². The van der Waals surface area contributed by atoms with E-state index in [4.69, 9.17) is 9.63 Å². The van der Waals surface area contributed by atoms with Crippen molar-refractivity contribution in [3.63, 3.8) is 0 Å². The van der Waals surface area contributed by atoms with Crippen LogP contribution in [-0.4, -0.2) is 28.2 Å². The van der Waals surface area contributed by atoms with E-state index < -0.39 is 17.9 Å². The van der Waals surface area contributed by atoms with Gasteiger partial charge < -0.3 is 14.9 Å². The van der Waals surface area contributed by atoms with E-state index in [1.165, 1.54) is 6.07 Å². The van der Waals surface area contributed by atoms with Crippen LogP contribution < -0.4 is 5.32 Å². The second-order valence-electron chi connectivity index (χ2n) is 4.95. The minimum atomic E-state index is -1.05. The van der Waals surface area contributed by atoms with Gasteiger partial charge in [-0.15, -0.1) is 0 Å². The summed E-state index contributed by atoms with van der Waals surface area (Å²) in [5.74, 6) is -1.62. The highest BCUT2D eigenvalue weighted by Gasteiger charge is 2.22. The summed E-state index contributed by atoms with van der Waals surface area (Å²) in [6, 6.07) is 9.87. The van der Waals surface area contributed by atoms with Crippen LogP contribution in [0.3, 0.4) is 0 Å². The van der Waals surface area contributed by atoms with E-state index in [9.17, 15) is 9.59 Å². The zero-order valence-electron chi connectivity index (χ0n) is 12.3. The average molecular weight is 302 g/mol. The zero-order valence-corrected chi connectivity index (χ0v) is 12.3. The Kier molecular flexibility index (Phi) is 5.30. The Balaban J connectivity index is 2.06. The predicted molar refractivity (Wildman–Crippen MR) is 80.4 cm³/mol. The Hall–Kier alpha value is -2.63. The van der Waals surface area contributed by atoms with E-state index in [0.29, 0.717) is 12.1 Å². The normalized spacial score (nSPS) is 11.9. The summed E-state index contributed by atoms with van der Waals surface area (Å²) in [7, 11) is 0. The average Bonchev–Trinajstić information content (AvgIpc) is 3.02. The first kappa shape index (κ1) is 15.8. The van der Waals surface area contributed by atoms with Crippen molar-refractivity contribution in [2.45, 2.75) is 32.2 Å². The molecular formula is C16H18N2O4. The fourth-order valence-electron chi connectivity index (χ4n) is 2.02. The van der Waals surface area contributed by atoms with Crippen LogP contribution in [0.1, 0.15) is 36.7 Å². The summed E-state index contributed by atoms with van der Waals surface area (Å²) in [5, 5.41) is 15.4. The highest BCUT2D eigenvalue weighted by atomic mass is 16.5. The molecule has 0 saturated carbocycles. The van der Waals surface area contributed by atoms with E-state index in [1.807, 2.05) is 37.3 Å². The van der Waals surface area contributed by atoms with Crippen LogP contribution in [0.4, 0.5) is 0 Å². The molecule has 0 aliphatic heterocycles. The molecule has 0 unspecified atom stereocenters. The molecule has 2 rings (SSSR count). The molecule has 6 heteroatoms. The number of amides is 1. The molecule has 1 aromatic heterocycles. The minimum absolute atomic E-state index is 0.00148. The largest absolute Gasteiger partial charge is 0.480 e. The van der Waals surface area contributed by atoms with Gasteiger partial charge in [-0.25, -0.2) is 4.79 Å². The molecule has 1 amide bonds. The Morgan fingerprint density at radius 1 is 1.32 bits per heavy atom. The highest BCUT2D eigenvalue weighted by Crippen LogP contribution is 2.18. The van der Waals surface area contributed by atoms with Crippen LogP contribution in [0.2, 0.25) is 0 Å². The fraction of sp³-hybridized carbons (Fsp3) is 0.312. The summed E-state index contributed by atoms with van der Waals surface area (Å²) in [4.78, 5) is 23.2. The third-order valence-electron chi connectivity index (χ3n) is 3.25. The lowest BCUT2D eigenvalue weighted by molar-refractivity contribution is -0.139. The number of carboxylic acid groups (broad SMARTS) is 1. The number of nitrogens with zero attached hydrogens (tertiary/aromatic N) is 1. The topological polar surface area (TPSA) is 92.4 Å². The molecule has 0 aliphatic carbocycles. The lowest BCUT2D eigenvalue weighted by Gasteiger charge is -2.12. The lowest BCUT2D eigenvalue weighted by atomic mass is 10.1. The van der Waals surface area contributed by atoms with Gasteiger partial charge in [-0.1, -0.05) is 55.3 Å². The molecular weight excluding hydrogens is 284 g/mol. The van der Waals surface area contributed by atoms with E-state index in [2.05, 4.69) is 10.5 Å². The van der Waals surface area contributed by atoms with Crippen molar-refractivity contribution in [1.82, 2.24) is 10.5 Å². The molecule has 2 N–H and O–H groups in total.